The molecule has 1 aliphatic carbocycles. The van der Waals surface area contributed by atoms with Crippen molar-refractivity contribution in [3.05, 3.63) is 42.0 Å². The highest BCUT2D eigenvalue weighted by atomic mass is 16.5. The van der Waals surface area contributed by atoms with Gasteiger partial charge in [-0.1, -0.05) is 12.6 Å². The van der Waals surface area contributed by atoms with Gasteiger partial charge in [0.15, 0.2) is 12.1 Å². The Morgan fingerprint density at radius 1 is 1.23 bits per heavy atom. The summed E-state index contributed by atoms with van der Waals surface area (Å²) in [6, 6.07) is 7.91. The molecule has 2 N–H and O–H groups in total. The van der Waals surface area contributed by atoms with Crippen molar-refractivity contribution in [1.82, 2.24) is 25.3 Å². The van der Waals surface area contributed by atoms with Crippen molar-refractivity contribution in [1.29, 1.82) is 5.26 Å². The largest absolute Gasteiger partial charge is 0.497 e. The van der Waals surface area contributed by atoms with Gasteiger partial charge in [0.1, 0.15) is 11.4 Å². The second kappa shape index (κ2) is 12.6. The molecule has 11 heteroatoms. The van der Waals surface area contributed by atoms with E-state index in [1.165, 1.54) is 6.08 Å². The van der Waals surface area contributed by atoms with Gasteiger partial charge >= 0.3 is 0 Å². The maximum absolute atomic E-state index is 14.5. The highest BCUT2D eigenvalue weighted by molar-refractivity contribution is 5.94. The zero-order chi connectivity index (χ0) is 30.1. The van der Waals surface area contributed by atoms with Crippen LogP contribution >= 0.6 is 0 Å². The Balaban J connectivity index is 1.24. The number of nitrogens with one attached hydrogen (secondary N) is 2. The average molecular weight is 593 g/mol. The average Bonchev–Trinajstić information content (AvgIpc) is 3.45. The molecule has 4 fully saturated rings. The summed E-state index contributed by atoms with van der Waals surface area (Å²) in [7, 11) is 3.78. The first-order valence-electron chi connectivity index (χ1n) is 15.6. The number of hydrogen-bond acceptors (Lipinski definition) is 10. The van der Waals surface area contributed by atoms with Crippen molar-refractivity contribution in [3.63, 3.8) is 0 Å². The van der Waals surface area contributed by atoms with Crippen molar-refractivity contribution in [2.45, 2.75) is 81.4 Å². The Labute approximate surface area is 254 Å². The molecule has 0 radical (unpaired) electrons. The van der Waals surface area contributed by atoms with Gasteiger partial charge in [-0.2, -0.15) is 5.26 Å². The van der Waals surface area contributed by atoms with Crippen LogP contribution < -0.4 is 15.4 Å². The maximum Gasteiger partial charge on any atom is 0.246 e. The van der Waals surface area contributed by atoms with E-state index in [4.69, 9.17) is 14.2 Å². The molecule has 6 rings (SSSR count). The number of benzene rings is 1. The number of rotatable bonds is 7. The summed E-state index contributed by atoms with van der Waals surface area (Å²) in [5.41, 5.74) is 1.31. The third-order valence-corrected chi connectivity index (χ3v) is 10.3. The zero-order valence-electron chi connectivity index (χ0n) is 25.3. The molecule has 4 heterocycles. The molecule has 1 saturated carbocycles. The highest BCUT2D eigenvalue weighted by Crippen LogP contribution is 2.42. The van der Waals surface area contributed by atoms with Crippen LogP contribution in [0.2, 0.25) is 0 Å². The first kappa shape index (κ1) is 30.2. The number of ketones is 1. The summed E-state index contributed by atoms with van der Waals surface area (Å²) in [6.45, 7) is 7.32. The lowest BCUT2D eigenvalue weighted by Gasteiger charge is -2.55. The van der Waals surface area contributed by atoms with E-state index in [0.717, 1.165) is 42.7 Å². The maximum atomic E-state index is 14.5. The van der Waals surface area contributed by atoms with Gasteiger partial charge in [-0.15, -0.1) is 0 Å². The molecule has 4 aliphatic heterocycles. The molecule has 1 aromatic carbocycles. The summed E-state index contributed by atoms with van der Waals surface area (Å²) >= 11 is 0. The monoisotopic (exact) mass is 592 g/mol. The minimum absolute atomic E-state index is 0.0163. The minimum Gasteiger partial charge on any atom is -0.497 e. The Bertz CT molecular complexity index is 1270. The summed E-state index contributed by atoms with van der Waals surface area (Å²) in [5.74, 6) is 0.698. The quantitative estimate of drug-likeness (QED) is 0.450. The highest BCUT2D eigenvalue weighted by Gasteiger charge is 2.56. The van der Waals surface area contributed by atoms with Crippen molar-refractivity contribution < 1.29 is 23.8 Å². The SMILES string of the molecule is C=CC(=O)N1CCN(C2NC(OCC3CCCN3C)NC3C(=O)[C@@]4(CCC32)Cc2ccc(OC)cc2CO4)CC1CC#N. The van der Waals surface area contributed by atoms with Crippen LogP contribution in [0.5, 0.6) is 5.75 Å². The Kier molecular flexibility index (Phi) is 8.87. The van der Waals surface area contributed by atoms with E-state index in [2.05, 4.69) is 46.2 Å². The molecule has 6 unspecified atom stereocenters. The van der Waals surface area contributed by atoms with Crippen molar-refractivity contribution in [2.75, 3.05) is 46.9 Å². The van der Waals surface area contributed by atoms with Gasteiger partial charge in [0.05, 0.1) is 51.1 Å². The fourth-order valence-electron chi connectivity index (χ4n) is 7.82. The smallest absolute Gasteiger partial charge is 0.246 e. The second-order valence-electron chi connectivity index (χ2n) is 12.7. The third kappa shape index (κ3) is 5.84. The predicted octanol–water partition coefficient (Wildman–Crippen LogP) is 1.38. The van der Waals surface area contributed by atoms with Gasteiger partial charge in [0, 0.05) is 38.0 Å². The van der Waals surface area contributed by atoms with E-state index in [9.17, 15) is 14.9 Å². The van der Waals surface area contributed by atoms with Gasteiger partial charge < -0.3 is 24.0 Å². The van der Waals surface area contributed by atoms with Crippen molar-refractivity contribution in [3.8, 4) is 11.8 Å². The first-order chi connectivity index (χ1) is 20.9. The fourth-order valence-corrected chi connectivity index (χ4v) is 7.82. The van der Waals surface area contributed by atoms with Crippen LogP contribution in [0.4, 0.5) is 0 Å². The van der Waals surface area contributed by atoms with Gasteiger partial charge in [0.2, 0.25) is 5.91 Å². The number of carbonyl (C=O) groups excluding carboxylic acids is 2. The van der Waals surface area contributed by atoms with E-state index in [0.29, 0.717) is 51.7 Å². The number of carbonyl (C=O) groups is 2. The Hall–Kier alpha value is -2.85. The number of amides is 1. The lowest BCUT2D eigenvalue weighted by molar-refractivity contribution is -0.173. The molecular weight excluding hydrogens is 548 g/mol. The van der Waals surface area contributed by atoms with Crippen molar-refractivity contribution in [2.24, 2.45) is 5.92 Å². The molecule has 3 saturated heterocycles. The number of likely N-dealkylation sites (N-methyl/N-ethyl adjacent to an activating group) is 1. The summed E-state index contributed by atoms with van der Waals surface area (Å²) in [6.07, 6.45) is 5.11. The van der Waals surface area contributed by atoms with Crippen LogP contribution in [0.25, 0.3) is 0 Å². The standard InChI is InChI=1S/C32H44N6O5/c1-4-27(39)38-15-14-37(18-23(38)10-12-33)30-26-9-11-32(17-21-7-8-25(41-3)16-22(21)19-43-32)29(40)28(26)34-31(35-30)42-20-24-6-5-13-36(24)2/h4,7-8,16,23-24,26,28,30-31,34-35H,1,5-6,9-11,13-15,17-20H2,2-3H3/t23?,24?,26?,28?,30?,31?,32-/m1/s1. The normalized spacial score (nSPS) is 34.8. The molecule has 43 heavy (non-hydrogen) atoms. The second-order valence-corrected chi connectivity index (χ2v) is 12.7. The first-order valence-corrected chi connectivity index (χ1v) is 15.6. The van der Waals surface area contributed by atoms with Crippen LogP contribution in [0, 0.1) is 17.2 Å². The lowest BCUT2D eigenvalue weighted by Crippen LogP contribution is -2.75. The van der Waals surface area contributed by atoms with E-state index < -0.39 is 18.0 Å². The third-order valence-electron chi connectivity index (χ3n) is 10.3. The van der Waals surface area contributed by atoms with Gasteiger partial charge in [-0.3, -0.25) is 25.1 Å². The number of nitriles is 1. The molecule has 1 spiro atoms. The topological polar surface area (TPSA) is 119 Å². The van der Waals surface area contributed by atoms with Crippen LogP contribution in [-0.2, 0) is 32.1 Å². The Morgan fingerprint density at radius 3 is 2.84 bits per heavy atom. The summed E-state index contributed by atoms with van der Waals surface area (Å²) in [5, 5.41) is 16.8. The minimum atomic E-state index is -0.883. The molecule has 1 amide bonds. The number of Topliss-reactive ketones (excluding diaryl/α,β-unsaturated/α-hetero) is 1. The number of likely N-dealkylation sites (tertiary alicyclic amines) is 1. The summed E-state index contributed by atoms with van der Waals surface area (Å²) < 4.78 is 18.3. The number of fused-ring (bicyclic) bond motifs is 2. The summed E-state index contributed by atoms with van der Waals surface area (Å²) in [4.78, 5) is 33.4. The van der Waals surface area contributed by atoms with Crippen molar-refractivity contribution >= 4 is 11.7 Å². The number of methoxy groups -OCH3 is 1. The predicted molar refractivity (Wildman–Crippen MR) is 159 cm³/mol. The van der Waals surface area contributed by atoms with Gasteiger partial charge in [-0.05, 0) is 68.6 Å². The molecular formula is C32H44N6O5. The van der Waals surface area contributed by atoms with E-state index >= 15 is 0 Å². The van der Waals surface area contributed by atoms with Crippen LogP contribution in [0.1, 0.15) is 43.2 Å². The molecule has 0 bridgehead atoms. The number of hydrogen-bond donors (Lipinski definition) is 2. The lowest BCUT2D eigenvalue weighted by atomic mass is 9.68. The number of nitrogens with zero attached hydrogens (tertiary/aromatic N) is 4. The molecule has 0 aromatic heterocycles. The zero-order valence-corrected chi connectivity index (χ0v) is 25.3. The Morgan fingerprint density at radius 2 is 2.09 bits per heavy atom. The molecule has 1 aromatic rings. The fraction of sp³-hybridized carbons (Fsp3) is 0.656. The molecule has 7 atom stereocenters. The van der Waals surface area contributed by atoms with E-state index in [1.54, 1.807) is 12.0 Å². The molecule has 232 valence electrons. The van der Waals surface area contributed by atoms with E-state index in [-0.39, 0.29) is 36.2 Å². The number of ether oxygens (including phenoxy) is 3. The number of piperazine rings is 1. The van der Waals surface area contributed by atoms with Gasteiger partial charge in [0.25, 0.3) is 0 Å². The van der Waals surface area contributed by atoms with Crippen LogP contribution in [0.15, 0.2) is 30.9 Å². The van der Waals surface area contributed by atoms with Gasteiger partial charge in [-0.25, -0.2) is 0 Å². The molecule has 11 nitrogen and oxygen atoms in total. The van der Waals surface area contributed by atoms with Crippen LogP contribution in [0.3, 0.4) is 0 Å². The van der Waals surface area contributed by atoms with E-state index in [1.807, 2.05) is 12.1 Å². The van der Waals surface area contributed by atoms with Crippen LogP contribution in [-0.4, -0.2) is 110 Å². The molecule has 5 aliphatic rings.